The second kappa shape index (κ2) is 17.5. The Morgan fingerprint density at radius 3 is 2.05 bits per heavy atom. The molecule has 8 nitrogen and oxygen atoms in total. The Kier molecular flexibility index (Phi) is 13.9. The summed E-state index contributed by atoms with van der Waals surface area (Å²) in [5.41, 5.74) is 3.58. The van der Waals surface area contributed by atoms with Crippen LogP contribution in [-0.2, 0) is 20.8 Å². The molecular weight excluding hydrogens is 482 g/mol. The van der Waals surface area contributed by atoms with Crippen LogP contribution in [-0.4, -0.2) is 41.3 Å². The van der Waals surface area contributed by atoms with Crippen LogP contribution >= 0.6 is 0 Å². The normalized spacial score (nSPS) is 11.2. The summed E-state index contributed by atoms with van der Waals surface area (Å²) in [6.07, 6.45) is 11.1. The Labute approximate surface area is 224 Å². The fraction of sp³-hybridized carbons (Fsp3) is 0.400. The van der Waals surface area contributed by atoms with Crippen molar-refractivity contribution in [3.8, 4) is 12.3 Å². The van der Waals surface area contributed by atoms with E-state index in [9.17, 15) is 19.2 Å². The van der Waals surface area contributed by atoms with Gasteiger partial charge in [0.2, 0.25) is 17.7 Å². The van der Waals surface area contributed by atoms with Gasteiger partial charge >= 0.3 is 0 Å². The lowest BCUT2D eigenvalue weighted by atomic mass is 9.99. The molecule has 0 bridgehead atoms. The molecule has 0 saturated heterocycles. The first kappa shape index (κ1) is 30.3. The summed E-state index contributed by atoms with van der Waals surface area (Å²) < 4.78 is 0. The van der Waals surface area contributed by atoms with E-state index in [0.29, 0.717) is 36.9 Å². The highest BCUT2D eigenvalue weighted by Crippen LogP contribution is 2.13. The Morgan fingerprint density at radius 2 is 1.42 bits per heavy atom. The van der Waals surface area contributed by atoms with Crippen molar-refractivity contribution in [3.05, 3.63) is 71.3 Å². The maximum absolute atomic E-state index is 12.9. The van der Waals surface area contributed by atoms with E-state index in [0.717, 1.165) is 31.2 Å². The minimum atomic E-state index is -0.751. The standard InChI is InChI=1S/C30H37N3O5/c1-2-3-4-12-21-31-30(37)26(32-27(34)15-10-5-6-11-16-28(35)33-38)22-23-17-19-25(20-18-23)29(36)24-13-8-7-9-14-24/h1,7-9,13-14,17-20,26,38H,3-6,10-12,15-16,21-22H2,(H,31,37)(H,32,34)(H,33,35)/t26-/m0/s1. The summed E-state index contributed by atoms with van der Waals surface area (Å²) in [6, 6.07) is 15.3. The fourth-order valence-electron chi connectivity index (χ4n) is 3.93. The molecule has 0 aliphatic rings. The molecule has 0 unspecified atom stereocenters. The van der Waals surface area contributed by atoms with Crippen LogP contribution in [0.4, 0.5) is 0 Å². The first-order chi connectivity index (χ1) is 18.4. The minimum absolute atomic E-state index is 0.0799. The second-order valence-electron chi connectivity index (χ2n) is 9.12. The molecular formula is C30H37N3O5. The van der Waals surface area contributed by atoms with Gasteiger partial charge in [0.25, 0.3) is 0 Å². The molecule has 0 fully saturated rings. The van der Waals surface area contributed by atoms with Crippen LogP contribution in [0.2, 0.25) is 0 Å². The fourth-order valence-corrected chi connectivity index (χ4v) is 3.93. The molecule has 0 heterocycles. The average Bonchev–Trinajstić information content (AvgIpc) is 2.94. The molecule has 8 heteroatoms. The van der Waals surface area contributed by atoms with Crippen LogP contribution < -0.4 is 16.1 Å². The summed E-state index contributed by atoms with van der Waals surface area (Å²) in [6.45, 7) is 0.471. The molecule has 0 saturated carbocycles. The molecule has 2 aromatic rings. The molecule has 1 atom stereocenters. The molecule has 0 aliphatic carbocycles. The Morgan fingerprint density at radius 1 is 0.789 bits per heavy atom. The summed E-state index contributed by atoms with van der Waals surface area (Å²) in [4.78, 5) is 49.2. The third-order valence-corrected chi connectivity index (χ3v) is 6.07. The van der Waals surface area contributed by atoms with Crippen molar-refractivity contribution in [1.82, 2.24) is 16.1 Å². The lowest BCUT2D eigenvalue weighted by Crippen LogP contribution is -2.48. The van der Waals surface area contributed by atoms with Gasteiger partial charge in [-0.2, -0.15) is 0 Å². The molecule has 0 spiro atoms. The van der Waals surface area contributed by atoms with Crippen LogP contribution in [0.15, 0.2) is 54.6 Å². The monoisotopic (exact) mass is 519 g/mol. The molecule has 0 radical (unpaired) electrons. The van der Waals surface area contributed by atoms with Gasteiger partial charge in [-0.15, -0.1) is 12.3 Å². The number of carbonyl (C=O) groups excluding carboxylic acids is 4. The first-order valence-electron chi connectivity index (χ1n) is 13.1. The molecule has 38 heavy (non-hydrogen) atoms. The van der Waals surface area contributed by atoms with Gasteiger partial charge in [-0.3, -0.25) is 24.4 Å². The number of nitrogens with one attached hydrogen (secondary N) is 3. The van der Waals surface area contributed by atoms with E-state index >= 15 is 0 Å². The molecule has 3 amide bonds. The van der Waals surface area contributed by atoms with Crippen molar-refractivity contribution in [2.24, 2.45) is 0 Å². The number of hydrogen-bond acceptors (Lipinski definition) is 5. The Balaban J connectivity index is 1.94. The lowest BCUT2D eigenvalue weighted by molar-refractivity contribution is -0.129. The summed E-state index contributed by atoms with van der Waals surface area (Å²) in [7, 11) is 0. The number of benzene rings is 2. The molecule has 202 valence electrons. The van der Waals surface area contributed by atoms with Crippen molar-refractivity contribution in [2.45, 2.75) is 70.3 Å². The topological polar surface area (TPSA) is 125 Å². The smallest absolute Gasteiger partial charge is 0.243 e. The van der Waals surface area contributed by atoms with Crippen molar-refractivity contribution in [1.29, 1.82) is 0 Å². The second-order valence-corrected chi connectivity index (χ2v) is 9.12. The largest absolute Gasteiger partial charge is 0.354 e. The maximum Gasteiger partial charge on any atom is 0.243 e. The molecule has 2 rings (SSSR count). The van der Waals surface area contributed by atoms with Gasteiger partial charge in [0.1, 0.15) is 6.04 Å². The van der Waals surface area contributed by atoms with Crippen LogP contribution in [0.5, 0.6) is 0 Å². The number of terminal acetylenes is 1. The number of hydrogen-bond donors (Lipinski definition) is 4. The predicted molar refractivity (Wildman–Crippen MR) is 145 cm³/mol. The molecule has 4 N–H and O–H groups in total. The maximum atomic E-state index is 12.9. The summed E-state index contributed by atoms with van der Waals surface area (Å²) in [5.74, 6) is 1.59. The van der Waals surface area contributed by atoms with Crippen LogP contribution in [0.25, 0.3) is 0 Å². The van der Waals surface area contributed by atoms with Crippen molar-refractivity contribution in [3.63, 3.8) is 0 Å². The van der Waals surface area contributed by atoms with Crippen LogP contribution in [0, 0.1) is 12.3 Å². The Hall–Kier alpha value is -3.96. The SMILES string of the molecule is C#CCCCCNC(=O)[C@H](Cc1ccc(C(=O)c2ccccc2)cc1)NC(=O)CCCCCCC(=O)NO. The zero-order valence-corrected chi connectivity index (χ0v) is 21.7. The van der Waals surface area contributed by atoms with Gasteiger partial charge in [-0.25, -0.2) is 5.48 Å². The van der Waals surface area contributed by atoms with E-state index in [-0.39, 0.29) is 36.9 Å². The number of ketones is 1. The highest BCUT2D eigenvalue weighted by atomic mass is 16.5. The summed E-state index contributed by atoms with van der Waals surface area (Å²) in [5, 5.41) is 14.2. The van der Waals surface area contributed by atoms with E-state index in [1.165, 1.54) is 0 Å². The van der Waals surface area contributed by atoms with E-state index in [2.05, 4.69) is 16.6 Å². The Bertz CT molecular complexity index is 1080. The van der Waals surface area contributed by atoms with Gasteiger partial charge in [0, 0.05) is 43.4 Å². The first-order valence-corrected chi connectivity index (χ1v) is 13.1. The number of hydroxylamine groups is 1. The third kappa shape index (κ3) is 11.4. The zero-order valence-electron chi connectivity index (χ0n) is 21.7. The van der Waals surface area contributed by atoms with Crippen LogP contribution in [0.1, 0.15) is 79.3 Å². The van der Waals surface area contributed by atoms with Gasteiger partial charge < -0.3 is 10.6 Å². The summed E-state index contributed by atoms with van der Waals surface area (Å²) >= 11 is 0. The van der Waals surface area contributed by atoms with Crippen molar-refractivity contribution >= 4 is 23.5 Å². The van der Waals surface area contributed by atoms with Gasteiger partial charge in [-0.1, -0.05) is 67.4 Å². The number of rotatable bonds is 17. The van der Waals surface area contributed by atoms with Gasteiger partial charge in [-0.05, 0) is 31.2 Å². The third-order valence-electron chi connectivity index (χ3n) is 6.07. The van der Waals surface area contributed by atoms with Crippen LogP contribution in [0.3, 0.4) is 0 Å². The molecule has 0 aromatic heterocycles. The van der Waals surface area contributed by atoms with E-state index < -0.39 is 11.9 Å². The average molecular weight is 520 g/mol. The number of carbonyl (C=O) groups is 4. The lowest BCUT2D eigenvalue weighted by Gasteiger charge is -2.19. The minimum Gasteiger partial charge on any atom is -0.354 e. The number of amides is 3. The highest BCUT2D eigenvalue weighted by Gasteiger charge is 2.21. The number of unbranched alkanes of at least 4 members (excludes halogenated alkanes) is 5. The van der Waals surface area contributed by atoms with E-state index in [4.69, 9.17) is 11.6 Å². The predicted octanol–water partition coefficient (Wildman–Crippen LogP) is 3.71. The van der Waals surface area contributed by atoms with E-state index in [1.807, 2.05) is 18.2 Å². The zero-order chi connectivity index (χ0) is 27.6. The molecule has 2 aromatic carbocycles. The van der Waals surface area contributed by atoms with E-state index in [1.54, 1.807) is 41.9 Å². The van der Waals surface area contributed by atoms with Crippen molar-refractivity contribution in [2.75, 3.05) is 6.54 Å². The van der Waals surface area contributed by atoms with Crippen molar-refractivity contribution < 1.29 is 24.4 Å². The highest BCUT2D eigenvalue weighted by molar-refractivity contribution is 6.08. The quantitative estimate of drug-likeness (QED) is 0.0834. The van der Waals surface area contributed by atoms with Gasteiger partial charge in [0.05, 0.1) is 0 Å². The molecule has 0 aliphatic heterocycles. The van der Waals surface area contributed by atoms with Gasteiger partial charge in [0.15, 0.2) is 5.78 Å².